The number of hydrogen-bond donors (Lipinski definition) is 3. The van der Waals surface area contributed by atoms with E-state index in [-0.39, 0.29) is 17.0 Å². The number of Topliss-reactive ketones (excluding diaryl/α,β-unsaturated/α-hetero) is 1. The molecule has 0 heterocycles. The third kappa shape index (κ3) is 2.10. The van der Waals surface area contributed by atoms with Gasteiger partial charge in [0.15, 0.2) is 5.78 Å². The van der Waals surface area contributed by atoms with Crippen LogP contribution in [-0.2, 0) is 11.2 Å². The number of primary amides is 1. The van der Waals surface area contributed by atoms with E-state index < -0.39 is 18.4 Å². The largest absolute Gasteiger partial charge is 0.387 e. The predicted octanol–water partition coefficient (Wildman–Crippen LogP) is -0.155. The Labute approximate surface area is 103 Å². The molecule has 4 N–H and O–H groups in total. The number of nitrogens with two attached hydrogens (primary N) is 1. The molecule has 0 aromatic heterocycles. The molecule has 0 aliphatic heterocycles. The first-order valence-electron chi connectivity index (χ1n) is 5.43. The molecular weight excluding hydrogens is 236 g/mol. The molecular formula is C12H12N2O4. The van der Waals surface area contributed by atoms with Gasteiger partial charge >= 0.3 is 0 Å². The SMILES string of the molecule is NC(=O)c1cc2c(cc1NC(=O)CO)CCC2=O. The lowest BCUT2D eigenvalue weighted by Gasteiger charge is -2.10. The lowest BCUT2D eigenvalue weighted by Crippen LogP contribution is -2.20. The number of ketones is 1. The van der Waals surface area contributed by atoms with Crippen LogP contribution < -0.4 is 11.1 Å². The highest BCUT2D eigenvalue weighted by Crippen LogP contribution is 2.28. The molecule has 6 nitrogen and oxygen atoms in total. The maximum absolute atomic E-state index is 11.6. The van der Waals surface area contributed by atoms with Crippen LogP contribution in [0, 0.1) is 0 Å². The number of fused-ring (bicyclic) bond motifs is 1. The molecule has 6 heteroatoms. The zero-order chi connectivity index (χ0) is 13.3. The third-order valence-electron chi connectivity index (χ3n) is 2.85. The van der Waals surface area contributed by atoms with Crippen molar-refractivity contribution in [3.8, 4) is 0 Å². The van der Waals surface area contributed by atoms with E-state index in [1.54, 1.807) is 6.07 Å². The van der Waals surface area contributed by atoms with E-state index in [1.165, 1.54) is 6.07 Å². The number of aliphatic hydroxyl groups excluding tert-OH is 1. The number of anilines is 1. The summed E-state index contributed by atoms with van der Waals surface area (Å²) in [6, 6.07) is 2.97. The van der Waals surface area contributed by atoms with Gasteiger partial charge in [-0.05, 0) is 24.1 Å². The van der Waals surface area contributed by atoms with Crippen LogP contribution in [0.15, 0.2) is 12.1 Å². The second-order valence-corrected chi connectivity index (χ2v) is 4.05. The van der Waals surface area contributed by atoms with Gasteiger partial charge in [0.2, 0.25) is 5.91 Å². The minimum absolute atomic E-state index is 0.0347. The van der Waals surface area contributed by atoms with Gasteiger partial charge in [0.1, 0.15) is 6.61 Å². The first-order valence-corrected chi connectivity index (χ1v) is 5.43. The summed E-state index contributed by atoms with van der Waals surface area (Å²) in [5, 5.41) is 11.1. The number of amides is 2. The Bertz CT molecular complexity index is 551. The van der Waals surface area contributed by atoms with Crippen molar-refractivity contribution in [2.24, 2.45) is 5.73 Å². The second-order valence-electron chi connectivity index (χ2n) is 4.05. The van der Waals surface area contributed by atoms with Crippen molar-refractivity contribution in [2.75, 3.05) is 11.9 Å². The van der Waals surface area contributed by atoms with Gasteiger partial charge in [-0.1, -0.05) is 0 Å². The van der Waals surface area contributed by atoms with E-state index in [0.717, 1.165) is 5.56 Å². The van der Waals surface area contributed by atoms with Crippen molar-refractivity contribution in [3.63, 3.8) is 0 Å². The number of carbonyl (C=O) groups is 3. The van der Waals surface area contributed by atoms with Gasteiger partial charge in [0, 0.05) is 12.0 Å². The number of aryl methyl sites for hydroxylation is 1. The lowest BCUT2D eigenvalue weighted by atomic mass is 10.0. The first-order chi connectivity index (χ1) is 8.52. The van der Waals surface area contributed by atoms with E-state index in [0.29, 0.717) is 18.4 Å². The van der Waals surface area contributed by atoms with Crippen molar-refractivity contribution in [2.45, 2.75) is 12.8 Å². The minimum Gasteiger partial charge on any atom is -0.387 e. The zero-order valence-electron chi connectivity index (χ0n) is 9.53. The molecule has 0 radical (unpaired) electrons. The van der Waals surface area contributed by atoms with Gasteiger partial charge in [-0.15, -0.1) is 0 Å². The van der Waals surface area contributed by atoms with E-state index in [9.17, 15) is 14.4 Å². The van der Waals surface area contributed by atoms with Crippen molar-refractivity contribution in [1.82, 2.24) is 0 Å². The fourth-order valence-electron chi connectivity index (χ4n) is 1.99. The van der Waals surface area contributed by atoms with Crippen molar-refractivity contribution < 1.29 is 19.5 Å². The van der Waals surface area contributed by atoms with Crippen molar-refractivity contribution in [1.29, 1.82) is 0 Å². The molecule has 1 aromatic rings. The van der Waals surface area contributed by atoms with Gasteiger partial charge in [-0.2, -0.15) is 0 Å². The smallest absolute Gasteiger partial charge is 0.250 e. The number of benzene rings is 1. The maximum atomic E-state index is 11.6. The normalized spacial score (nSPS) is 13.3. The summed E-state index contributed by atoms with van der Waals surface area (Å²) in [4.78, 5) is 34.0. The van der Waals surface area contributed by atoms with Crippen molar-refractivity contribution >= 4 is 23.3 Å². The van der Waals surface area contributed by atoms with Crippen LogP contribution in [-0.4, -0.2) is 29.3 Å². The first kappa shape index (κ1) is 12.3. The van der Waals surface area contributed by atoms with Crippen LogP contribution in [0.2, 0.25) is 0 Å². The summed E-state index contributed by atoms with van der Waals surface area (Å²) in [5.74, 6) is -1.40. The molecule has 0 atom stereocenters. The number of rotatable bonds is 3. The van der Waals surface area contributed by atoms with E-state index in [4.69, 9.17) is 10.8 Å². The Balaban J connectivity index is 2.48. The zero-order valence-corrected chi connectivity index (χ0v) is 9.53. The molecule has 0 unspecified atom stereocenters. The van der Waals surface area contributed by atoms with E-state index in [2.05, 4.69) is 5.32 Å². The number of aliphatic hydroxyl groups is 1. The molecule has 18 heavy (non-hydrogen) atoms. The quantitative estimate of drug-likeness (QED) is 0.690. The fraction of sp³-hybridized carbons (Fsp3) is 0.250. The molecule has 0 bridgehead atoms. The Morgan fingerprint density at radius 3 is 2.67 bits per heavy atom. The van der Waals surface area contributed by atoms with Crippen LogP contribution in [0.25, 0.3) is 0 Å². The van der Waals surface area contributed by atoms with Crippen molar-refractivity contribution in [3.05, 3.63) is 28.8 Å². The summed E-state index contributed by atoms with van der Waals surface area (Å²) in [7, 11) is 0. The summed E-state index contributed by atoms with van der Waals surface area (Å²) < 4.78 is 0. The predicted molar refractivity (Wildman–Crippen MR) is 63.3 cm³/mol. The molecule has 2 amide bonds. The van der Waals surface area contributed by atoms with E-state index >= 15 is 0 Å². The molecule has 0 saturated carbocycles. The molecule has 1 aliphatic carbocycles. The summed E-state index contributed by atoms with van der Waals surface area (Å²) in [6.07, 6.45) is 0.972. The van der Waals surface area contributed by atoms with Gasteiger partial charge in [-0.25, -0.2) is 0 Å². The highest BCUT2D eigenvalue weighted by molar-refractivity contribution is 6.08. The molecule has 0 fully saturated rings. The van der Waals surface area contributed by atoms with Crippen LogP contribution in [0.3, 0.4) is 0 Å². The lowest BCUT2D eigenvalue weighted by molar-refractivity contribution is -0.118. The Morgan fingerprint density at radius 1 is 1.33 bits per heavy atom. The minimum atomic E-state index is -0.731. The maximum Gasteiger partial charge on any atom is 0.250 e. The fourth-order valence-corrected chi connectivity index (χ4v) is 1.99. The molecule has 0 saturated heterocycles. The monoisotopic (exact) mass is 248 g/mol. The molecule has 2 rings (SSSR count). The number of hydrogen-bond acceptors (Lipinski definition) is 4. The number of carbonyl (C=O) groups excluding carboxylic acids is 3. The third-order valence-corrected chi connectivity index (χ3v) is 2.85. The summed E-state index contributed by atoms with van der Waals surface area (Å²) in [5.41, 5.74) is 6.77. The topological polar surface area (TPSA) is 109 Å². The van der Waals surface area contributed by atoms with Crippen LogP contribution in [0.5, 0.6) is 0 Å². The summed E-state index contributed by atoms with van der Waals surface area (Å²) >= 11 is 0. The van der Waals surface area contributed by atoms with Gasteiger partial charge in [-0.3, -0.25) is 14.4 Å². The Morgan fingerprint density at radius 2 is 2.06 bits per heavy atom. The standard InChI is InChI=1S/C12H12N2O4/c13-12(18)8-4-7-6(1-2-10(7)16)3-9(8)14-11(17)5-15/h3-4,15H,1-2,5H2,(H2,13,18)(H,14,17). The van der Waals surface area contributed by atoms with Crippen LogP contribution in [0.4, 0.5) is 5.69 Å². The highest BCUT2D eigenvalue weighted by atomic mass is 16.3. The van der Waals surface area contributed by atoms with Crippen LogP contribution >= 0.6 is 0 Å². The molecule has 0 spiro atoms. The molecule has 94 valence electrons. The highest BCUT2D eigenvalue weighted by Gasteiger charge is 2.23. The average molecular weight is 248 g/mol. The van der Waals surface area contributed by atoms with E-state index in [1.807, 2.05) is 0 Å². The molecule has 1 aliphatic rings. The second kappa shape index (κ2) is 4.58. The number of nitrogens with one attached hydrogen (secondary N) is 1. The van der Waals surface area contributed by atoms with Gasteiger partial charge in [0.25, 0.3) is 5.91 Å². The molecule has 1 aromatic carbocycles. The summed E-state index contributed by atoms with van der Waals surface area (Å²) in [6.45, 7) is -0.686. The Kier molecular flexibility index (Phi) is 3.12. The van der Waals surface area contributed by atoms with Crippen LogP contribution in [0.1, 0.15) is 32.7 Å². The van der Waals surface area contributed by atoms with Gasteiger partial charge < -0.3 is 16.2 Å². The average Bonchev–Trinajstić information content (AvgIpc) is 2.69. The van der Waals surface area contributed by atoms with Gasteiger partial charge in [0.05, 0.1) is 11.3 Å². The Hall–Kier alpha value is -2.21.